The minimum absolute atomic E-state index is 0.374. The zero-order chi connectivity index (χ0) is 82.0. The van der Waals surface area contributed by atoms with Crippen molar-refractivity contribution < 1.29 is 13.6 Å². The van der Waals surface area contributed by atoms with E-state index in [1.54, 1.807) is 61.2 Å². The van der Waals surface area contributed by atoms with Crippen LogP contribution in [0.5, 0.6) is 0 Å². The first-order chi connectivity index (χ1) is 49.5. The third-order valence-electron chi connectivity index (χ3n) is 10.7. The van der Waals surface area contributed by atoms with E-state index in [0.29, 0.717) is 59.2 Å². The van der Waals surface area contributed by atoms with Gasteiger partial charge in [-0.15, -0.1) is 10.2 Å². The van der Waals surface area contributed by atoms with Crippen LogP contribution in [-0.2, 0) is 0 Å². The molecule has 0 saturated heterocycles. The molecule has 0 amide bonds. The summed E-state index contributed by atoms with van der Waals surface area (Å²) in [6, 6.07) is 9.88. The van der Waals surface area contributed by atoms with Crippen LogP contribution in [0.1, 0.15) is 392 Å². The van der Waals surface area contributed by atoms with Crippen molar-refractivity contribution in [1.29, 1.82) is 0 Å². The molecule has 0 aromatic carbocycles. The van der Waals surface area contributed by atoms with Crippen LogP contribution in [0.25, 0.3) is 0 Å². The van der Waals surface area contributed by atoms with Crippen LogP contribution in [-0.4, -0.2) is 84.1 Å². The smallest absolute Gasteiger partial charge is 0.153 e. The van der Waals surface area contributed by atoms with Crippen molar-refractivity contribution in [3.63, 3.8) is 0 Å². The van der Waals surface area contributed by atoms with E-state index in [9.17, 15) is 0 Å². The van der Waals surface area contributed by atoms with Crippen molar-refractivity contribution in [1.82, 2.24) is 84.1 Å². The molecule has 0 saturated carbocycles. The number of hydrogen-bond acceptors (Lipinski definition) is 22. The molecule has 103 heavy (non-hydrogen) atoms. The van der Waals surface area contributed by atoms with E-state index in [0.717, 1.165) is 34.4 Å². The van der Waals surface area contributed by atoms with E-state index in [1.165, 1.54) is 63.9 Å². The molecule has 10 aromatic heterocycles. The Morgan fingerprint density at radius 2 is 0.932 bits per heavy atom. The summed E-state index contributed by atoms with van der Waals surface area (Å²) in [6.07, 6.45) is 21.6. The summed E-state index contributed by atoms with van der Waals surface area (Å²) in [5.74, 6) is 7.71. The molecule has 0 bridgehead atoms. The number of nitrogens with one attached hydrogen (secondary N) is 1. The number of aromatic nitrogens is 17. The molecule has 0 unspecified atom stereocenters. The molecule has 0 aliphatic rings. The fraction of sp³-hybridized carbons (Fsp3) is 0.625. The third-order valence-corrected chi connectivity index (χ3v) is 12.9. The van der Waals surface area contributed by atoms with Crippen molar-refractivity contribution >= 4 is 34.6 Å². The number of nitrogens with zero attached hydrogens (tertiary/aromatic N) is 16. The highest BCUT2D eigenvalue weighted by Crippen LogP contribution is 2.18. The molecular formula is C80H151N17O3S3. The molecule has 0 aliphatic carbocycles. The second kappa shape index (κ2) is 90.8. The van der Waals surface area contributed by atoms with Gasteiger partial charge in [-0.25, -0.2) is 33.7 Å². The van der Waals surface area contributed by atoms with Gasteiger partial charge in [-0.3, -0.25) is 5.10 Å². The Kier molecular flexibility index (Phi) is 103. The maximum Gasteiger partial charge on any atom is 0.153 e. The second-order valence-corrected chi connectivity index (χ2v) is 23.4. The van der Waals surface area contributed by atoms with Gasteiger partial charge in [0.1, 0.15) is 43.1 Å². The molecule has 0 atom stereocenters. The van der Waals surface area contributed by atoms with E-state index >= 15 is 0 Å². The Balaban J connectivity index is -0.000000113. The van der Waals surface area contributed by atoms with Crippen molar-refractivity contribution in [3.8, 4) is 0 Å². The number of rotatable bonds is 10. The van der Waals surface area contributed by atoms with E-state index in [2.05, 4.69) is 235 Å². The summed E-state index contributed by atoms with van der Waals surface area (Å²) in [5, 5.41) is 36.5. The normalized spacial score (nSPS) is 8.87. The van der Waals surface area contributed by atoms with E-state index in [1.807, 2.05) is 188 Å². The average Bonchev–Trinajstić information content (AvgIpc) is 1.85. The van der Waals surface area contributed by atoms with Gasteiger partial charge < -0.3 is 13.6 Å². The zero-order valence-corrected chi connectivity index (χ0v) is 74.9. The number of H-pyrrole nitrogens is 1. The van der Waals surface area contributed by atoms with Gasteiger partial charge in [-0.1, -0.05) is 292 Å². The molecule has 1 N–H and O–H groups in total. The van der Waals surface area contributed by atoms with Gasteiger partial charge in [0.05, 0.1) is 41.9 Å². The van der Waals surface area contributed by atoms with E-state index in [-0.39, 0.29) is 0 Å². The monoisotopic (exact) mass is 1490 g/mol. The van der Waals surface area contributed by atoms with Crippen LogP contribution in [0.15, 0.2) is 136 Å². The number of hydrogen-bond donors (Lipinski definition) is 1. The van der Waals surface area contributed by atoms with Crippen LogP contribution in [0.2, 0.25) is 0 Å². The molecule has 0 radical (unpaired) electrons. The standard InChI is InChI=1S/3C6H9N3.C6H10N2.3C6H9NO.3C6H9NS.10C2H6/c1-5(2)6-8-3-7-4-9-6;1-5(2)6-3-8-9-4-7-6;1-5(2)6-7-3-4-8-9-6;1-5(2)6-3-4-7-8-6;1-5(2)6-3-7-8-4-6;1-5(2)6-3-4-8-7-6;1-5(2)6-3-4-7-8-6;1-5(2)6-3-7-8-4-6;1-5(2)6-3-4-8-7-6;1-5(2)6-3-4-7-8-6;10*1-2/h3*3-5H,1-2H3;3-5H,1-2H3,(H,7,8);6*3-5H,1-2H3;10*1-2H3. The van der Waals surface area contributed by atoms with Crippen LogP contribution >= 0.6 is 34.6 Å². The van der Waals surface area contributed by atoms with Gasteiger partial charge in [-0.05, 0) is 99.8 Å². The highest BCUT2D eigenvalue weighted by atomic mass is 32.1. The van der Waals surface area contributed by atoms with Crippen LogP contribution < -0.4 is 0 Å². The predicted octanol–water partition coefficient (Wildman–Crippen LogP) is 27.0. The van der Waals surface area contributed by atoms with Crippen LogP contribution in [0.4, 0.5) is 0 Å². The lowest BCUT2D eigenvalue weighted by atomic mass is 10.1. The zero-order valence-electron chi connectivity index (χ0n) is 72.4. The predicted molar refractivity (Wildman–Crippen MR) is 448 cm³/mol. The lowest BCUT2D eigenvalue weighted by molar-refractivity contribution is 0.371. The van der Waals surface area contributed by atoms with Crippen molar-refractivity contribution in [3.05, 3.63) is 178 Å². The fourth-order valence-electron chi connectivity index (χ4n) is 5.29. The summed E-state index contributed by atoms with van der Waals surface area (Å²) >= 11 is 4.62. The Morgan fingerprint density at radius 1 is 0.379 bits per heavy atom. The van der Waals surface area contributed by atoms with Crippen LogP contribution in [0, 0.1) is 0 Å². The molecule has 0 fully saturated rings. The Labute approximate surface area is 643 Å². The molecule has 10 aromatic rings. The maximum atomic E-state index is 4.84. The number of aromatic amines is 1. The molecular weight excluding hydrogens is 1340 g/mol. The van der Waals surface area contributed by atoms with Gasteiger partial charge in [0, 0.05) is 81.6 Å². The largest absolute Gasteiger partial charge is 0.365 e. The average molecular weight is 1500 g/mol. The Hall–Kier alpha value is -7.24. The first-order valence-corrected chi connectivity index (χ1v) is 40.3. The molecule has 592 valence electrons. The minimum atomic E-state index is 0.374. The van der Waals surface area contributed by atoms with E-state index in [4.69, 9.17) is 4.52 Å². The van der Waals surface area contributed by atoms with Gasteiger partial charge in [0.15, 0.2) is 5.82 Å². The molecule has 10 heterocycles. The van der Waals surface area contributed by atoms with Gasteiger partial charge in [0.25, 0.3) is 0 Å². The van der Waals surface area contributed by atoms with Gasteiger partial charge in [-0.2, -0.15) is 19.7 Å². The Bertz CT molecular complexity index is 2380. The summed E-state index contributed by atoms with van der Waals surface area (Å²) in [4.78, 5) is 21.0. The Morgan fingerprint density at radius 3 is 1.16 bits per heavy atom. The first kappa shape index (κ1) is 117. The summed E-state index contributed by atoms with van der Waals surface area (Å²) in [5.41, 5.74) is 6.91. The summed E-state index contributed by atoms with van der Waals surface area (Å²) < 4.78 is 26.2. The molecule has 23 heteroatoms. The molecule has 20 nitrogen and oxygen atoms in total. The first-order valence-electron chi connectivity index (χ1n) is 37.8. The third kappa shape index (κ3) is 72.9. The highest BCUT2D eigenvalue weighted by molar-refractivity contribution is 7.05. The highest BCUT2D eigenvalue weighted by Gasteiger charge is 2.04. The van der Waals surface area contributed by atoms with Gasteiger partial charge >= 0.3 is 0 Å². The minimum Gasteiger partial charge on any atom is -0.365 e. The topological polar surface area (TPSA) is 261 Å². The SMILES string of the molecule is CC.CC.CC.CC.CC.CC.CC.CC.CC.CC.CC(C)c1ccn[nH]1.CC(C)c1ccno1.CC(C)c1ccns1.CC(C)c1ccon1.CC(C)c1ccsn1.CC(C)c1cnncn1.CC(C)c1cnoc1.CC(C)c1cnsc1.CC(C)c1nccnn1.CC(C)c1ncncn1. The van der Waals surface area contributed by atoms with Gasteiger partial charge in [0.2, 0.25) is 0 Å². The molecule has 10 rings (SSSR count). The van der Waals surface area contributed by atoms with Crippen molar-refractivity contribution in [2.45, 2.75) is 336 Å². The summed E-state index contributed by atoms with van der Waals surface area (Å²) in [6.45, 7) is 82.1. The van der Waals surface area contributed by atoms with Crippen molar-refractivity contribution in [2.75, 3.05) is 0 Å². The molecule has 0 aliphatic heterocycles. The van der Waals surface area contributed by atoms with Crippen molar-refractivity contribution in [2.24, 2.45) is 0 Å². The second-order valence-electron chi connectivity index (χ2n) is 21.2. The van der Waals surface area contributed by atoms with E-state index < -0.39 is 0 Å². The van der Waals surface area contributed by atoms with Crippen LogP contribution in [0.3, 0.4) is 0 Å². The lowest BCUT2D eigenvalue weighted by Crippen LogP contribution is -1.96. The summed E-state index contributed by atoms with van der Waals surface area (Å²) in [7, 11) is 0. The lowest BCUT2D eigenvalue weighted by Gasteiger charge is -1.98. The maximum absolute atomic E-state index is 4.84. The fourth-order valence-corrected chi connectivity index (χ4v) is 7.21. The quantitative estimate of drug-likeness (QED) is 0.133. The molecule has 0 spiro atoms.